The van der Waals surface area contributed by atoms with Crippen molar-refractivity contribution >= 4 is 16.9 Å². The number of pyridine rings is 1. The number of hydrogen-bond acceptors (Lipinski definition) is 5. The maximum Gasteiger partial charge on any atom is 0.252 e. The molecule has 2 aromatic heterocycles. The van der Waals surface area contributed by atoms with Gasteiger partial charge in [-0.3, -0.25) is 9.89 Å². The van der Waals surface area contributed by atoms with E-state index in [1.165, 1.54) is 0 Å². The van der Waals surface area contributed by atoms with Crippen LogP contribution in [0.2, 0.25) is 0 Å². The van der Waals surface area contributed by atoms with Gasteiger partial charge in [-0.15, -0.1) is 0 Å². The van der Waals surface area contributed by atoms with Gasteiger partial charge < -0.3 is 15.7 Å². The summed E-state index contributed by atoms with van der Waals surface area (Å²) in [6.07, 6.45) is 0. The van der Waals surface area contributed by atoms with Gasteiger partial charge in [-0.1, -0.05) is 0 Å². The number of phenolic OH excluding ortho intramolecular Hbond substituents is 1. The highest BCUT2D eigenvalue weighted by molar-refractivity contribution is 6.07. The summed E-state index contributed by atoms with van der Waals surface area (Å²) in [4.78, 5) is 17.6. The van der Waals surface area contributed by atoms with Crippen LogP contribution in [-0.4, -0.2) is 45.3 Å². The minimum Gasteiger partial charge on any atom is -0.508 e. The van der Waals surface area contributed by atoms with Crippen LogP contribution in [0.1, 0.15) is 16.1 Å². The van der Waals surface area contributed by atoms with Crippen molar-refractivity contribution in [2.75, 3.05) is 13.1 Å². The highest BCUT2D eigenvalue weighted by atomic mass is 16.3. The van der Waals surface area contributed by atoms with Gasteiger partial charge >= 0.3 is 0 Å². The minimum absolute atomic E-state index is 0.0821. The van der Waals surface area contributed by atoms with E-state index in [1.807, 2.05) is 13.0 Å². The van der Waals surface area contributed by atoms with E-state index in [0.29, 0.717) is 28.7 Å². The molecule has 132 valence electrons. The van der Waals surface area contributed by atoms with Gasteiger partial charge in [-0.05, 0) is 49.1 Å². The average molecular weight is 349 g/mol. The van der Waals surface area contributed by atoms with Crippen molar-refractivity contribution in [1.82, 2.24) is 25.8 Å². The third kappa shape index (κ3) is 2.35. The molecule has 2 aliphatic rings. The highest BCUT2D eigenvalue weighted by Gasteiger charge is 2.53. The summed E-state index contributed by atoms with van der Waals surface area (Å²) in [5, 5.41) is 23.9. The van der Waals surface area contributed by atoms with Gasteiger partial charge in [0.05, 0.1) is 22.3 Å². The van der Waals surface area contributed by atoms with Gasteiger partial charge in [0.25, 0.3) is 5.91 Å². The predicted molar refractivity (Wildman–Crippen MR) is 96.8 cm³/mol. The fourth-order valence-electron chi connectivity index (χ4n) is 4.01. The number of piperidine rings is 1. The first-order valence-electron chi connectivity index (χ1n) is 8.78. The molecule has 3 heterocycles. The Morgan fingerprint density at radius 1 is 1.23 bits per heavy atom. The molecule has 7 nitrogen and oxygen atoms in total. The van der Waals surface area contributed by atoms with E-state index in [0.717, 1.165) is 29.7 Å². The van der Waals surface area contributed by atoms with Crippen molar-refractivity contribution < 1.29 is 9.90 Å². The maximum atomic E-state index is 13.0. The highest BCUT2D eigenvalue weighted by Crippen LogP contribution is 2.42. The number of nitrogens with one attached hydrogen (secondary N) is 3. The molecule has 0 unspecified atom stereocenters. The van der Waals surface area contributed by atoms with Crippen LogP contribution < -0.4 is 10.6 Å². The molecule has 1 aromatic carbocycles. The lowest BCUT2D eigenvalue weighted by Gasteiger charge is -2.10. The van der Waals surface area contributed by atoms with Crippen LogP contribution >= 0.6 is 0 Å². The van der Waals surface area contributed by atoms with Crippen molar-refractivity contribution in [3.8, 4) is 17.0 Å². The Balaban J connectivity index is 1.55. The molecular formula is C19H19N5O2. The lowest BCUT2D eigenvalue weighted by Crippen LogP contribution is -2.32. The molecule has 26 heavy (non-hydrogen) atoms. The zero-order valence-electron chi connectivity index (χ0n) is 14.3. The first-order chi connectivity index (χ1) is 12.6. The number of hydrogen-bond donors (Lipinski definition) is 4. The van der Waals surface area contributed by atoms with Crippen LogP contribution in [0.5, 0.6) is 5.75 Å². The van der Waals surface area contributed by atoms with Crippen molar-refractivity contribution in [3.63, 3.8) is 0 Å². The van der Waals surface area contributed by atoms with Crippen LogP contribution in [0, 0.1) is 18.8 Å². The third-order valence-corrected chi connectivity index (χ3v) is 5.51. The molecule has 1 saturated heterocycles. The molecule has 2 fully saturated rings. The topological polar surface area (TPSA) is 103 Å². The summed E-state index contributed by atoms with van der Waals surface area (Å²) in [7, 11) is 0. The van der Waals surface area contributed by atoms with E-state index in [2.05, 4.69) is 25.8 Å². The third-order valence-electron chi connectivity index (χ3n) is 5.51. The van der Waals surface area contributed by atoms with Crippen molar-refractivity contribution in [2.24, 2.45) is 11.8 Å². The number of benzene rings is 1. The number of rotatable bonds is 3. The number of aromatic hydroxyl groups is 1. The number of amides is 1. The van der Waals surface area contributed by atoms with Gasteiger partial charge in [0.15, 0.2) is 5.65 Å². The van der Waals surface area contributed by atoms with Crippen molar-refractivity contribution in [1.29, 1.82) is 0 Å². The fourth-order valence-corrected chi connectivity index (χ4v) is 4.01. The summed E-state index contributed by atoms with van der Waals surface area (Å²) < 4.78 is 0. The molecule has 0 bridgehead atoms. The van der Waals surface area contributed by atoms with E-state index in [-0.39, 0.29) is 17.7 Å². The molecule has 0 radical (unpaired) electrons. The van der Waals surface area contributed by atoms with Gasteiger partial charge in [-0.25, -0.2) is 4.98 Å². The molecule has 0 spiro atoms. The smallest absolute Gasteiger partial charge is 0.252 e. The normalized spacial score (nSPS) is 23.8. The Hall–Kier alpha value is -2.93. The van der Waals surface area contributed by atoms with Gasteiger partial charge in [0, 0.05) is 24.7 Å². The number of aryl methyl sites for hydroxylation is 1. The molecule has 1 aliphatic heterocycles. The molecule has 1 amide bonds. The summed E-state index contributed by atoms with van der Waals surface area (Å²) in [5.41, 5.74) is 3.44. The number of carbonyl (C=O) groups is 1. The number of nitrogens with zero attached hydrogens (tertiary/aromatic N) is 2. The van der Waals surface area contributed by atoms with Crippen molar-refractivity contribution in [2.45, 2.75) is 13.0 Å². The maximum absolute atomic E-state index is 13.0. The van der Waals surface area contributed by atoms with E-state index in [1.54, 1.807) is 24.3 Å². The second kappa shape index (κ2) is 5.54. The number of carbonyl (C=O) groups excluding carboxylic acids is 1. The quantitative estimate of drug-likeness (QED) is 0.575. The summed E-state index contributed by atoms with van der Waals surface area (Å²) in [6.45, 7) is 3.82. The molecule has 1 aliphatic carbocycles. The predicted octanol–water partition coefficient (Wildman–Crippen LogP) is 1.59. The van der Waals surface area contributed by atoms with Crippen LogP contribution in [0.15, 0.2) is 30.3 Å². The van der Waals surface area contributed by atoms with E-state index in [9.17, 15) is 9.90 Å². The van der Waals surface area contributed by atoms with Crippen molar-refractivity contribution in [3.05, 3.63) is 41.6 Å². The van der Waals surface area contributed by atoms with E-state index in [4.69, 9.17) is 0 Å². The van der Waals surface area contributed by atoms with E-state index >= 15 is 0 Å². The molecular weight excluding hydrogens is 330 g/mol. The van der Waals surface area contributed by atoms with Gasteiger partial charge in [0.2, 0.25) is 0 Å². The summed E-state index contributed by atoms with van der Waals surface area (Å²) in [5.74, 6) is 1.22. The van der Waals surface area contributed by atoms with E-state index < -0.39 is 0 Å². The van der Waals surface area contributed by atoms with Gasteiger partial charge in [0.1, 0.15) is 5.75 Å². The zero-order chi connectivity index (χ0) is 17.8. The molecule has 3 atom stereocenters. The minimum atomic E-state index is -0.0821. The summed E-state index contributed by atoms with van der Waals surface area (Å²) in [6, 6.07) is 8.85. The van der Waals surface area contributed by atoms with Crippen LogP contribution in [0.3, 0.4) is 0 Å². The van der Waals surface area contributed by atoms with Crippen LogP contribution in [0.4, 0.5) is 0 Å². The number of aromatic amines is 1. The first-order valence-corrected chi connectivity index (χ1v) is 8.78. The number of aromatic nitrogens is 3. The monoisotopic (exact) mass is 349 g/mol. The second-order valence-corrected chi connectivity index (χ2v) is 7.12. The summed E-state index contributed by atoms with van der Waals surface area (Å²) >= 11 is 0. The Morgan fingerprint density at radius 3 is 2.69 bits per heavy atom. The standard InChI is InChI=1S/C19H19N5O2/c1-9-16-12(19(26)22-17-13-7-20-8-14(13)17)6-15(21-18(16)24-23-9)10-2-4-11(25)5-3-10/h2-6,13-14,17,20,25H,7-8H2,1H3,(H,22,26)(H,21,23,24)/t13-,14+,17+. The lowest BCUT2D eigenvalue weighted by atomic mass is 10.0. The Kier molecular flexibility index (Phi) is 3.27. The Labute approximate surface area is 149 Å². The van der Waals surface area contributed by atoms with Crippen LogP contribution in [0.25, 0.3) is 22.3 Å². The SMILES string of the molecule is Cc1n[nH]c2nc(-c3ccc(O)cc3)cc(C(=O)N[C@H]3[C@@H]4CNC[C@@H]43)c12. The number of phenols is 1. The second-order valence-electron chi connectivity index (χ2n) is 7.12. The number of fused-ring (bicyclic) bond motifs is 2. The molecule has 4 N–H and O–H groups in total. The zero-order valence-corrected chi connectivity index (χ0v) is 14.3. The lowest BCUT2D eigenvalue weighted by molar-refractivity contribution is 0.0948. The largest absolute Gasteiger partial charge is 0.508 e. The number of H-pyrrole nitrogens is 1. The molecule has 7 heteroatoms. The average Bonchev–Trinajstić information content (AvgIpc) is 3.00. The van der Waals surface area contributed by atoms with Crippen LogP contribution in [-0.2, 0) is 0 Å². The fraction of sp³-hybridized carbons (Fsp3) is 0.316. The Morgan fingerprint density at radius 2 is 1.96 bits per heavy atom. The first kappa shape index (κ1) is 15.3. The molecule has 1 saturated carbocycles. The molecule has 3 aromatic rings. The van der Waals surface area contributed by atoms with Gasteiger partial charge in [-0.2, -0.15) is 5.10 Å². The molecule has 5 rings (SSSR count). The Bertz CT molecular complexity index is 1000.